The van der Waals surface area contributed by atoms with Crippen molar-refractivity contribution in [3.05, 3.63) is 0 Å². The minimum Gasteiger partial charge on any atom is -0.393 e. The van der Waals surface area contributed by atoms with Crippen molar-refractivity contribution in [2.75, 3.05) is 6.61 Å². The molecular formula is C11H20O2. The fraction of sp³-hybridized carbons (Fsp3) is 1.00. The summed E-state index contributed by atoms with van der Waals surface area (Å²) in [5.41, 5.74) is 0.130. The van der Waals surface area contributed by atoms with Crippen LogP contribution in [0, 0.1) is 5.41 Å². The van der Waals surface area contributed by atoms with Crippen molar-refractivity contribution in [1.82, 2.24) is 0 Å². The highest BCUT2D eigenvalue weighted by atomic mass is 16.5. The van der Waals surface area contributed by atoms with Gasteiger partial charge in [-0.2, -0.15) is 0 Å². The molecule has 0 bridgehead atoms. The summed E-state index contributed by atoms with van der Waals surface area (Å²) < 4.78 is 6.06. The summed E-state index contributed by atoms with van der Waals surface area (Å²) in [4.78, 5) is 0. The van der Waals surface area contributed by atoms with E-state index >= 15 is 0 Å². The molecule has 2 rings (SSSR count). The zero-order chi connectivity index (χ0) is 9.74. The van der Waals surface area contributed by atoms with Gasteiger partial charge in [-0.3, -0.25) is 0 Å². The van der Waals surface area contributed by atoms with Crippen molar-refractivity contribution < 1.29 is 9.84 Å². The number of hydrogen-bond acceptors (Lipinski definition) is 2. The summed E-state index contributed by atoms with van der Waals surface area (Å²) in [6.45, 7) is 6.68. The van der Waals surface area contributed by atoms with Crippen LogP contribution in [0.2, 0.25) is 0 Å². The number of rotatable bonds is 2. The third kappa shape index (κ3) is 1.31. The molecule has 2 nitrogen and oxygen atoms in total. The first-order valence-corrected chi connectivity index (χ1v) is 5.24. The van der Waals surface area contributed by atoms with E-state index in [2.05, 4.69) is 13.8 Å². The molecule has 2 aliphatic rings. The zero-order valence-corrected chi connectivity index (χ0v) is 8.89. The van der Waals surface area contributed by atoms with Gasteiger partial charge in [0.1, 0.15) is 0 Å². The van der Waals surface area contributed by atoms with Crippen molar-refractivity contribution in [2.45, 2.75) is 57.7 Å². The molecule has 1 aliphatic carbocycles. The fourth-order valence-electron chi connectivity index (χ4n) is 2.40. The van der Waals surface area contributed by atoms with Crippen LogP contribution in [-0.2, 0) is 4.74 Å². The number of aliphatic hydroxyl groups excluding tert-OH is 1. The van der Waals surface area contributed by atoms with E-state index in [0.717, 1.165) is 12.8 Å². The Hall–Kier alpha value is -0.0800. The van der Waals surface area contributed by atoms with E-state index < -0.39 is 0 Å². The number of hydrogen-bond donors (Lipinski definition) is 1. The number of ether oxygens (including phenoxy) is 1. The van der Waals surface area contributed by atoms with E-state index in [4.69, 9.17) is 4.74 Å². The van der Waals surface area contributed by atoms with Crippen LogP contribution in [0.5, 0.6) is 0 Å². The molecule has 0 radical (unpaired) electrons. The smallest absolute Gasteiger partial charge is 0.0892 e. The third-order valence-electron chi connectivity index (χ3n) is 4.21. The Bertz CT molecular complexity index is 222. The molecule has 0 spiro atoms. The molecule has 1 aliphatic heterocycles. The van der Waals surface area contributed by atoms with Crippen LogP contribution < -0.4 is 0 Å². The lowest BCUT2D eigenvalue weighted by atomic mass is 9.85. The van der Waals surface area contributed by atoms with Crippen molar-refractivity contribution in [3.8, 4) is 0 Å². The Morgan fingerprint density at radius 3 is 2.08 bits per heavy atom. The first-order chi connectivity index (χ1) is 5.93. The summed E-state index contributed by atoms with van der Waals surface area (Å²) in [5.74, 6) is 0. The molecule has 0 aromatic heterocycles. The Kier molecular flexibility index (Phi) is 1.81. The van der Waals surface area contributed by atoms with Crippen molar-refractivity contribution in [2.24, 2.45) is 5.41 Å². The van der Waals surface area contributed by atoms with Crippen LogP contribution in [0.25, 0.3) is 0 Å². The standard InChI is InChI=1S/C11H20O2/c1-9(4-5-9)11(3)7-6-10(2,8-12)13-11/h12H,4-8H2,1-3H3. The molecule has 1 N–H and O–H groups in total. The van der Waals surface area contributed by atoms with Gasteiger partial charge in [-0.25, -0.2) is 0 Å². The normalized spacial score (nSPS) is 48.0. The highest BCUT2D eigenvalue weighted by Gasteiger charge is 2.59. The Morgan fingerprint density at radius 2 is 1.69 bits per heavy atom. The van der Waals surface area contributed by atoms with Gasteiger partial charge in [0.25, 0.3) is 0 Å². The summed E-state index contributed by atoms with van der Waals surface area (Å²) >= 11 is 0. The van der Waals surface area contributed by atoms with E-state index in [0.29, 0.717) is 5.41 Å². The van der Waals surface area contributed by atoms with Crippen LogP contribution in [0.15, 0.2) is 0 Å². The molecule has 2 unspecified atom stereocenters. The number of aliphatic hydroxyl groups is 1. The highest BCUT2D eigenvalue weighted by Crippen LogP contribution is 2.60. The summed E-state index contributed by atoms with van der Waals surface area (Å²) in [5, 5.41) is 9.22. The molecular weight excluding hydrogens is 164 g/mol. The zero-order valence-electron chi connectivity index (χ0n) is 8.89. The van der Waals surface area contributed by atoms with E-state index in [1.54, 1.807) is 0 Å². The predicted molar refractivity (Wildman–Crippen MR) is 51.6 cm³/mol. The first-order valence-electron chi connectivity index (χ1n) is 5.24. The van der Waals surface area contributed by atoms with Crippen molar-refractivity contribution in [3.63, 3.8) is 0 Å². The molecule has 2 atom stereocenters. The van der Waals surface area contributed by atoms with Gasteiger partial charge < -0.3 is 9.84 Å². The highest BCUT2D eigenvalue weighted by molar-refractivity contribution is 5.08. The van der Waals surface area contributed by atoms with Crippen LogP contribution >= 0.6 is 0 Å². The Balaban J connectivity index is 2.12. The van der Waals surface area contributed by atoms with Gasteiger partial charge in [0.2, 0.25) is 0 Å². The van der Waals surface area contributed by atoms with Crippen LogP contribution in [0.3, 0.4) is 0 Å². The Morgan fingerprint density at radius 1 is 1.08 bits per heavy atom. The lowest BCUT2D eigenvalue weighted by molar-refractivity contribution is -0.135. The molecule has 76 valence electrons. The van der Waals surface area contributed by atoms with Gasteiger partial charge in [-0.1, -0.05) is 6.92 Å². The largest absolute Gasteiger partial charge is 0.393 e. The lowest BCUT2D eigenvalue weighted by Crippen LogP contribution is -2.39. The van der Waals surface area contributed by atoms with E-state index in [9.17, 15) is 5.11 Å². The first kappa shape index (κ1) is 9.47. The molecule has 13 heavy (non-hydrogen) atoms. The quantitative estimate of drug-likeness (QED) is 0.712. The molecule has 0 aromatic carbocycles. The van der Waals surface area contributed by atoms with E-state index in [1.807, 2.05) is 6.92 Å². The summed E-state index contributed by atoms with van der Waals surface area (Å²) in [6, 6.07) is 0. The molecule has 1 saturated heterocycles. The van der Waals surface area contributed by atoms with Gasteiger partial charge in [0, 0.05) is 0 Å². The predicted octanol–water partition coefficient (Wildman–Crippen LogP) is 2.11. The lowest BCUT2D eigenvalue weighted by Gasteiger charge is -2.34. The van der Waals surface area contributed by atoms with E-state index in [1.165, 1.54) is 12.8 Å². The van der Waals surface area contributed by atoms with Gasteiger partial charge in [0.05, 0.1) is 17.8 Å². The SMILES string of the molecule is CC1(CO)CCC(C)(C2(C)CC2)O1. The monoisotopic (exact) mass is 184 g/mol. The molecule has 1 saturated carbocycles. The topological polar surface area (TPSA) is 29.5 Å². The second kappa shape index (κ2) is 2.48. The molecule has 1 heterocycles. The average molecular weight is 184 g/mol. The van der Waals surface area contributed by atoms with E-state index in [-0.39, 0.29) is 17.8 Å². The molecule has 0 amide bonds. The van der Waals surface area contributed by atoms with Crippen molar-refractivity contribution >= 4 is 0 Å². The minimum absolute atomic E-state index is 0.0183. The fourth-order valence-corrected chi connectivity index (χ4v) is 2.40. The van der Waals surface area contributed by atoms with Gasteiger partial charge >= 0.3 is 0 Å². The Labute approximate surface area is 80.3 Å². The molecule has 0 aromatic rings. The van der Waals surface area contributed by atoms with Crippen LogP contribution in [0.1, 0.15) is 46.5 Å². The van der Waals surface area contributed by atoms with Crippen molar-refractivity contribution in [1.29, 1.82) is 0 Å². The molecule has 2 heteroatoms. The summed E-state index contributed by atoms with van der Waals surface area (Å²) in [6.07, 6.45) is 4.66. The van der Waals surface area contributed by atoms with Gasteiger partial charge in [-0.05, 0) is 44.9 Å². The van der Waals surface area contributed by atoms with Crippen LogP contribution in [-0.4, -0.2) is 22.9 Å². The molecule has 2 fully saturated rings. The van der Waals surface area contributed by atoms with Gasteiger partial charge in [0.15, 0.2) is 0 Å². The maximum absolute atomic E-state index is 9.22. The minimum atomic E-state index is -0.277. The van der Waals surface area contributed by atoms with Gasteiger partial charge in [-0.15, -0.1) is 0 Å². The third-order valence-corrected chi connectivity index (χ3v) is 4.21. The van der Waals surface area contributed by atoms with Crippen LogP contribution in [0.4, 0.5) is 0 Å². The second-order valence-electron chi connectivity index (χ2n) is 5.50. The maximum Gasteiger partial charge on any atom is 0.0892 e. The maximum atomic E-state index is 9.22. The average Bonchev–Trinajstić information content (AvgIpc) is 2.74. The second-order valence-corrected chi connectivity index (χ2v) is 5.50. The summed E-state index contributed by atoms with van der Waals surface area (Å²) in [7, 11) is 0.